The topological polar surface area (TPSA) is 88.3 Å². The van der Waals surface area contributed by atoms with E-state index in [1.54, 1.807) is 0 Å². The first kappa shape index (κ1) is 19.5. The minimum absolute atomic E-state index is 0.0166. The fourth-order valence-corrected chi connectivity index (χ4v) is 3.79. The van der Waals surface area contributed by atoms with Gasteiger partial charge in [-0.3, -0.25) is 9.59 Å². The number of aromatic nitrogens is 1. The highest BCUT2D eigenvalue weighted by Gasteiger charge is 2.34. The predicted molar refractivity (Wildman–Crippen MR) is 108 cm³/mol. The number of carbonyl (C=O) groups is 2. The number of nitrogens with two attached hydrogens (primary N) is 1. The minimum Gasteiger partial charge on any atom is -0.340 e. The van der Waals surface area contributed by atoms with E-state index >= 15 is 0 Å². The van der Waals surface area contributed by atoms with E-state index in [0.29, 0.717) is 23.9 Å². The Morgan fingerprint density at radius 2 is 1.96 bits per heavy atom. The quantitative estimate of drug-likeness (QED) is 0.845. The van der Waals surface area contributed by atoms with Crippen LogP contribution in [-0.4, -0.2) is 40.8 Å². The molecule has 0 bridgehead atoms. The highest BCUT2D eigenvalue weighted by Crippen LogP contribution is 2.27. The number of hydrogen-bond donors (Lipinski definition) is 2. The zero-order valence-corrected chi connectivity index (χ0v) is 16.8. The van der Waals surface area contributed by atoms with E-state index in [0.717, 1.165) is 0 Å². The molecule has 2 aromatic rings. The number of amides is 2. The normalized spacial score (nSPS) is 19.9. The van der Waals surface area contributed by atoms with Crippen LogP contribution in [0.1, 0.15) is 37.9 Å². The van der Waals surface area contributed by atoms with Gasteiger partial charge in [0.15, 0.2) is 5.13 Å². The van der Waals surface area contributed by atoms with Crippen molar-refractivity contribution in [3.63, 3.8) is 0 Å². The molecule has 0 spiro atoms. The lowest BCUT2D eigenvalue weighted by Crippen LogP contribution is -2.33. The molecule has 1 saturated heterocycles. The summed E-state index contributed by atoms with van der Waals surface area (Å²) < 4.78 is 0. The molecule has 2 atom stereocenters. The Morgan fingerprint density at radius 1 is 1.26 bits per heavy atom. The molecule has 27 heavy (non-hydrogen) atoms. The van der Waals surface area contributed by atoms with Crippen molar-refractivity contribution in [1.29, 1.82) is 0 Å². The van der Waals surface area contributed by atoms with Crippen molar-refractivity contribution in [2.45, 2.75) is 39.2 Å². The predicted octanol–water partition coefficient (Wildman–Crippen LogP) is 2.62. The molecule has 7 heteroatoms. The molecule has 6 nitrogen and oxygen atoms in total. The summed E-state index contributed by atoms with van der Waals surface area (Å²) in [4.78, 5) is 30.9. The molecule has 1 aliphatic heterocycles. The standard InChI is InChI=1S/C20H26N4O2S/c1-20(2,3)18(26)23-19-22-14(12-27-19)9-17(25)24-10-15(16(21)11-24)13-7-5-4-6-8-13/h4-8,12,15-16H,9-11,21H2,1-3H3,(H,22,23,26)/t15-,16+/m0/s1. The van der Waals surface area contributed by atoms with E-state index in [9.17, 15) is 9.59 Å². The fraction of sp³-hybridized carbons (Fsp3) is 0.450. The lowest BCUT2D eigenvalue weighted by atomic mass is 9.95. The number of nitrogens with one attached hydrogen (secondary N) is 1. The Bertz CT molecular complexity index is 813. The maximum atomic E-state index is 12.7. The van der Waals surface area contributed by atoms with Crippen LogP contribution in [0.3, 0.4) is 0 Å². The fourth-order valence-electron chi connectivity index (χ4n) is 3.08. The summed E-state index contributed by atoms with van der Waals surface area (Å²) in [6, 6.07) is 10.0. The number of hydrogen-bond acceptors (Lipinski definition) is 5. The molecule has 1 fully saturated rings. The van der Waals surface area contributed by atoms with Gasteiger partial charge in [-0.05, 0) is 5.56 Å². The maximum absolute atomic E-state index is 12.7. The summed E-state index contributed by atoms with van der Waals surface area (Å²) in [6.45, 7) is 6.72. The molecule has 1 aromatic heterocycles. The lowest BCUT2D eigenvalue weighted by Gasteiger charge is -2.16. The van der Waals surface area contributed by atoms with Crippen LogP contribution in [0.25, 0.3) is 0 Å². The molecule has 0 saturated carbocycles. The van der Waals surface area contributed by atoms with Gasteiger partial charge in [-0.25, -0.2) is 4.98 Å². The molecular weight excluding hydrogens is 360 g/mol. The second-order valence-corrected chi connectivity index (χ2v) is 8.86. The van der Waals surface area contributed by atoms with Crippen molar-refractivity contribution in [2.24, 2.45) is 11.1 Å². The third-order valence-electron chi connectivity index (χ3n) is 4.73. The van der Waals surface area contributed by atoms with Crippen molar-refractivity contribution in [1.82, 2.24) is 9.88 Å². The highest BCUT2D eigenvalue weighted by molar-refractivity contribution is 7.13. The first-order valence-electron chi connectivity index (χ1n) is 9.08. The Labute approximate surface area is 163 Å². The molecule has 1 aromatic carbocycles. The van der Waals surface area contributed by atoms with Crippen molar-refractivity contribution in [3.05, 3.63) is 47.0 Å². The van der Waals surface area contributed by atoms with Gasteiger partial charge >= 0.3 is 0 Å². The number of thiazole rings is 1. The summed E-state index contributed by atoms with van der Waals surface area (Å²) in [6.07, 6.45) is 0.218. The lowest BCUT2D eigenvalue weighted by molar-refractivity contribution is -0.129. The molecule has 2 amide bonds. The van der Waals surface area contributed by atoms with E-state index < -0.39 is 5.41 Å². The van der Waals surface area contributed by atoms with Crippen LogP contribution in [0.4, 0.5) is 5.13 Å². The van der Waals surface area contributed by atoms with Gasteiger partial charge in [0.1, 0.15) is 0 Å². The molecule has 3 N–H and O–H groups in total. The first-order valence-corrected chi connectivity index (χ1v) is 9.96. The van der Waals surface area contributed by atoms with Crippen LogP contribution >= 0.6 is 11.3 Å². The minimum atomic E-state index is -0.486. The Balaban J connectivity index is 1.59. The smallest absolute Gasteiger partial charge is 0.231 e. The van der Waals surface area contributed by atoms with Gasteiger partial charge in [-0.15, -0.1) is 11.3 Å². The number of anilines is 1. The number of likely N-dealkylation sites (tertiary alicyclic amines) is 1. The first-order chi connectivity index (χ1) is 12.7. The molecule has 0 radical (unpaired) electrons. The highest BCUT2D eigenvalue weighted by atomic mass is 32.1. The molecule has 3 rings (SSSR count). The van der Waals surface area contributed by atoms with Gasteiger partial charge in [0.2, 0.25) is 11.8 Å². The number of rotatable bonds is 4. The molecular formula is C20H26N4O2S. The van der Waals surface area contributed by atoms with Crippen molar-refractivity contribution in [3.8, 4) is 0 Å². The Hall–Kier alpha value is -2.25. The molecule has 144 valence electrons. The van der Waals surface area contributed by atoms with Crippen LogP contribution in [0, 0.1) is 5.41 Å². The van der Waals surface area contributed by atoms with Crippen LogP contribution < -0.4 is 11.1 Å². The molecule has 0 aliphatic carbocycles. The van der Waals surface area contributed by atoms with Gasteiger partial charge in [0, 0.05) is 35.8 Å². The van der Waals surface area contributed by atoms with E-state index in [2.05, 4.69) is 22.4 Å². The van der Waals surface area contributed by atoms with Crippen LogP contribution in [0.5, 0.6) is 0 Å². The van der Waals surface area contributed by atoms with Gasteiger partial charge in [0.25, 0.3) is 0 Å². The zero-order valence-electron chi connectivity index (χ0n) is 15.9. The summed E-state index contributed by atoms with van der Waals surface area (Å²) in [7, 11) is 0. The number of nitrogens with zero attached hydrogens (tertiary/aromatic N) is 2. The molecule has 1 aliphatic rings. The average Bonchev–Trinajstić information content (AvgIpc) is 3.21. The van der Waals surface area contributed by atoms with Gasteiger partial charge < -0.3 is 16.0 Å². The largest absolute Gasteiger partial charge is 0.340 e. The van der Waals surface area contributed by atoms with Gasteiger partial charge in [-0.1, -0.05) is 51.1 Å². The molecule has 2 heterocycles. The van der Waals surface area contributed by atoms with Gasteiger partial charge in [0.05, 0.1) is 12.1 Å². The summed E-state index contributed by atoms with van der Waals surface area (Å²) in [5.41, 5.74) is 7.63. The van der Waals surface area contributed by atoms with Crippen molar-refractivity contribution >= 4 is 28.3 Å². The van der Waals surface area contributed by atoms with E-state index in [1.807, 2.05) is 49.3 Å². The van der Waals surface area contributed by atoms with Crippen LogP contribution in [-0.2, 0) is 16.0 Å². The average molecular weight is 387 g/mol. The second-order valence-electron chi connectivity index (χ2n) is 8.00. The Morgan fingerprint density at radius 3 is 2.63 bits per heavy atom. The van der Waals surface area contributed by atoms with Crippen molar-refractivity contribution < 1.29 is 9.59 Å². The zero-order chi connectivity index (χ0) is 19.6. The summed E-state index contributed by atoms with van der Waals surface area (Å²) in [5, 5.41) is 5.15. The third-order valence-corrected chi connectivity index (χ3v) is 5.54. The van der Waals surface area contributed by atoms with Gasteiger partial charge in [-0.2, -0.15) is 0 Å². The SMILES string of the molecule is CC(C)(C)C(=O)Nc1nc(CC(=O)N2C[C@@H](N)[C@H](c3ccccc3)C2)cs1. The third kappa shape index (κ3) is 4.73. The molecule has 0 unspecified atom stereocenters. The maximum Gasteiger partial charge on any atom is 0.231 e. The van der Waals surface area contributed by atoms with E-state index in [-0.39, 0.29) is 30.2 Å². The monoisotopic (exact) mass is 386 g/mol. The number of benzene rings is 1. The van der Waals surface area contributed by atoms with Crippen molar-refractivity contribution in [2.75, 3.05) is 18.4 Å². The van der Waals surface area contributed by atoms with Crippen LogP contribution in [0.2, 0.25) is 0 Å². The Kier molecular flexibility index (Phi) is 5.62. The second kappa shape index (κ2) is 7.78. The van der Waals surface area contributed by atoms with Crippen LogP contribution in [0.15, 0.2) is 35.7 Å². The number of carbonyl (C=O) groups excluding carboxylic acids is 2. The summed E-state index contributed by atoms with van der Waals surface area (Å²) >= 11 is 1.34. The summed E-state index contributed by atoms with van der Waals surface area (Å²) in [5.74, 6) is 0.0843. The van der Waals surface area contributed by atoms with E-state index in [1.165, 1.54) is 16.9 Å². The van der Waals surface area contributed by atoms with E-state index in [4.69, 9.17) is 5.73 Å².